The molecule has 28 heavy (non-hydrogen) atoms. The summed E-state index contributed by atoms with van der Waals surface area (Å²) in [7, 11) is 0. The second kappa shape index (κ2) is 9.10. The van der Waals surface area contributed by atoms with Crippen LogP contribution in [0.25, 0.3) is 0 Å². The first-order chi connectivity index (χ1) is 13.7. The highest BCUT2D eigenvalue weighted by Gasteiger charge is 2.29. The zero-order valence-electron chi connectivity index (χ0n) is 17.3. The third-order valence-electron chi connectivity index (χ3n) is 6.65. The summed E-state index contributed by atoms with van der Waals surface area (Å²) < 4.78 is 0. The summed E-state index contributed by atoms with van der Waals surface area (Å²) >= 11 is 0. The Kier molecular flexibility index (Phi) is 6.33. The fraction of sp³-hybridized carbons (Fsp3) is 0.773. The van der Waals surface area contributed by atoms with Gasteiger partial charge in [-0.25, -0.2) is 4.98 Å². The van der Waals surface area contributed by atoms with E-state index in [9.17, 15) is 4.79 Å². The van der Waals surface area contributed by atoms with Crippen LogP contribution < -0.4 is 10.2 Å². The van der Waals surface area contributed by atoms with E-state index in [1.807, 2.05) is 6.92 Å². The summed E-state index contributed by atoms with van der Waals surface area (Å²) in [6.45, 7) is 5.38. The van der Waals surface area contributed by atoms with Gasteiger partial charge in [-0.05, 0) is 32.6 Å². The van der Waals surface area contributed by atoms with Crippen LogP contribution in [0.2, 0.25) is 0 Å². The number of carbonyl (C=O) groups excluding carboxylic acids is 1. The molecule has 0 atom stereocenters. The fourth-order valence-corrected chi connectivity index (χ4v) is 4.97. The van der Waals surface area contributed by atoms with Crippen molar-refractivity contribution in [1.29, 1.82) is 0 Å². The molecule has 1 saturated heterocycles. The molecule has 1 amide bonds. The minimum atomic E-state index is 0.271. The lowest BCUT2D eigenvalue weighted by atomic mass is 9.88. The number of hydrogen-bond donors (Lipinski definition) is 1. The van der Waals surface area contributed by atoms with Crippen LogP contribution in [0, 0.1) is 12.8 Å². The molecule has 1 aliphatic heterocycles. The van der Waals surface area contributed by atoms with Gasteiger partial charge in [-0.1, -0.05) is 38.5 Å². The fourth-order valence-electron chi connectivity index (χ4n) is 4.97. The average molecular weight is 386 g/mol. The van der Waals surface area contributed by atoms with Gasteiger partial charge in [-0.3, -0.25) is 4.79 Å². The first kappa shape index (κ1) is 19.5. The van der Waals surface area contributed by atoms with E-state index < -0.39 is 0 Å². The topological polar surface area (TPSA) is 61.4 Å². The maximum absolute atomic E-state index is 12.8. The monoisotopic (exact) mass is 385 g/mol. The van der Waals surface area contributed by atoms with Gasteiger partial charge >= 0.3 is 0 Å². The van der Waals surface area contributed by atoms with Crippen molar-refractivity contribution in [1.82, 2.24) is 14.9 Å². The minimum Gasteiger partial charge on any atom is -0.353 e. The number of aromatic nitrogens is 2. The van der Waals surface area contributed by atoms with E-state index in [0.717, 1.165) is 56.5 Å². The predicted molar refractivity (Wildman–Crippen MR) is 113 cm³/mol. The first-order valence-corrected chi connectivity index (χ1v) is 11.3. The van der Waals surface area contributed by atoms with E-state index in [1.54, 1.807) is 0 Å². The van der Waals surface area contributed by atoms with Crippen LogP contribution in [0.15, 0.2) is 6.07 Å². The van der Waals surface area contributed by atoms with Crippen molar-refractivity contribution >= 4 is 17.7 Å². The molecule has 1 N–H and O–H groups in total. The zero-order valence-corrected chi connectivity index (χ0v) is 17.3. The van der Waals surface area contributed by atoms with Gasteiger partial charge in [0.2, 0.25) is 11.9 Å². The number of hydrogen-bond acceptors (Lipinski definition) is 5. The zero-order chi connectivity index (χ0) is 19.3. The molecule has 0 aromatic carbocycles. The number of rotatable bonds is 4. The number of aryl methyl sites for hydroxylation is 1. The van der Waals surface area contributed by atoms with Crippen molar-refractivity contribution in [3.8, 4) is 0 Å². The Morgan fingerprint density at radius 3 is 2.25 bits per heavy atom. The quantitative estimate of drug-likeness (QED) is 0.855. The van der Waals surface area contributed by atoms with E-state index >= 15 is 0 Å². The SMILES string of the molecule is Cc1cc(N2CCN(C(=O)C3CCCCC3)CC2)nc(NC2CCCCC2)n1. The van der Waals surface area contributed by atoms with Crippen LogP contribution in [-0.4, -0.2) is 53.0 Å². The van der Waals surface area contributed by atoms with Crippen molar-refractivity contribution in [3.63, 3.8) is 0 Å². The molecule has 3 aliphatic rings. The smallest absolute Gasteiger partial charge is 0.225 e. The molecule has 1 aromatic heterocycles. The van der Waals surface area contributed by atoms with Crippen molar-refractivity contribution in [3.05, 3.63) is 11.8 Å². The Bertz CT molecular complexity index is 659. The summed E-state index contributed by atoms with van der Waals surface area (Å²) in [6, 6.07) is 2.58. The summed E-state index contributed by atoms with van der Waals surface area (Å²) in [5, 5.41) is 3.56. The molecule has 0 spiro atoms. The molecule has 2 heterocycles. The van der Waals surface area contributed by atoms with Gasteiger partial charge in [0.15, 0.2) is 0 Å². The highest BCUT2D eigenvalue weighted by molar-refractivity contribution is 5.79. The van der Waals surface area contributed by atoms with E-state index in [4.69, 9.17) is 4.98 Å². The molecule has 4 rings (SSSR count). The third-order valence-corrected chi connectivity index (χ3v) is 6.65. The number of nitrogens with one attached hydrogen (secondary N) is 1. The number of anilines is 2. The Labute approximate surface area is 169 Å². The van der Waals surface area contributed by atoms with Crippen molar-refractivity contribution < 1.29 is 4.79 Å². The minimum absolute atomic E-state index is 0.271. The van der Waals surface area contributed by atoms with Crippen LogP contribution in [0.4, 0.5) is 11.8 Å². The van der Waals surface area contributed by atoms with Gasteiger partial charge in [-0.2, -0.15) is 4.98 Å². The van der Waals surface area contributed by atoms with Crippen molar-refractivity contribution in [2.45, 2.75) is 77.2 Å². The molecule has 1 aromatic rings. The van der Waals surface area contributed by atoms with Crippen LogP contribution in [0.1, 0.15) is 69.9 Å². The van der Waals surface area contributed by atoms with Gasteiger partial charge in [0.25, 0.3) is 0 Å². The molecule has 3 fully saturated rings. The number of carbonyl (C=O) groups is 1. The summed E-state index contributed by atoms with van der Waals surface area (Å²) in [5.74, 6) is 2.42. The molecule has 0 radical (unpaired) electrons. The number of amides is 1. The average Bonchev–Trinajstić information content (AvgIpc) is 2.74. The maximum Gasteiger partial charge on any atom is 0.225 e. The standard InChI is InChI=1S/C22H35N5O/c1-17-16-20(25-22(23-17)24-19-10-6-3-7-11-19)26-12-14-27(15-13-26)21(28)18-8-4-2-5-9-18/h16,18-19H,2-15H2,1H3,(H,23,24,25). The summed E-state index contributed by atoms with van der Waals surface area (Å²) in [6.07, 6.45) is 12.3. The van der Waals surface area contributed by atoms with E-state index in [0.29, 0.717) is 11.9 Å². The molecule has 6 nitrogen and oxygen atoms in total. The Morgan fingerprint density at radius 1 is 0.929 bits per heavy atom. The van der Waals surface area contributed by atoms with Crippen molar-refractivity contribution in [2.75, 3.05) is 36.4 Å². The predicted octanol–water partition coefficient (Wildman–Crippen LogP) is 3.76. The van der Waals surface area contributed by atoms with Crippen LogP contribution in [-0.2, 0) is 4.79 Å². The van der Waals surface area contributed by atoms with E-state index in [2.05, 4.69) is 26.2 Å². The van der Waals surface area contributed by atoms with Gasteiger partial charge in [-0.15, -0.1) is 0 Å². The van der Waals surface area contributed by atoms with Gasteiger partial charge < -0.3 is 15.1 Å². The molecular weight excluding hydrogens is 350 g/mol. The van der Waals surface area contributed by atoms with Crippen molar-refractivity contribution in [2.24, 2.45) is 5.92 Å². The molecule has 154 valence electrons. The molecule has 0 unspecified atom stereocenters. The highest BCUT2D eigenvalue weighted by atomic mass is 16.2. The highest BCUT2D eigenvalue weighted by Crippen LogP contribution is 2.27. The lowest BCUT2D eigenvalue weighted by molar-refractivity contribution is -0.136. The van der Waals surface area contributed by atoms with Crippen LogP contribution >= 0.6 is 0 Å². The second-order valence-electron chi connectivity index (χ2n) is 8.82. The van der Waals surface area contributed by atoms with E-state index in [-0.39, 0.29) is 5.92 Å². The summed E-state index contributed by atoms with van der Waals surface area (Å²) in [5.41, 5.74) is 1.00. The largest absolute Gasteiger partial charge is 0.353 e. The van der Waals surface area contributed by atoms with E-state index in [1.165, 1.54) is 51.4 Å². The van der Waals surface area contributed by atoms with Crippen LogP contribution in [0.3, 0.4) is 0 Å². The lowest BCUT2D eigenvalue weighted by Crippen LogP contribution is -2.50. The molecular formula is C22H35N5O. The molecule has 6 heteroatoms. The van der Waals surface area contributed by atoms with Gasteiger partial charge in [0, 0.05) is 49.9 Å². The van der Waals surface area contributed by atoms with Crippen LogP contribution in [0.5, 0.6) is 0 Å². The Balaban J connectivity index is 1.35. The summed E-state index contributed by atoms with van der Waals surface area (Å²) in [4.78, 5) is 26.6. The lowest BCUT2D eigenvalue weighted by Gasteiger charge is -2.37. The molecule has 2 aliphatic carbocycles. The third kappa shape index (κ3) is 4.76. The Hall–Kier alpha value is -1.85. The van der Waals surface area contributed by atoms with Gasteiger partial charge in [0.1, 0.15) is 5.82 Å². The normalized spacial score (nSPS) is 22.3. The van der Waals surface area contributed by atoms with Gasteiger partial charge in [0.05, 0.1) is 0 Å². The first-order valence-electron chi connectivity index (χ1n) is 11.3. The number of nitrogens with zero attached hydrogens (tertiary/aromatic N) is 4. The Morgan fingerprint density at radius 2 is 1.57 bits per heavy atom. The maximum atomic E-state index is 12.8. The number of piperazine rings is 1. The second-order valence-corrected chi connectivity index (χ2v) is 8.82. The molecule has 0 bridgehead atoms. The molecule has 2 saturated carbocycles.